The molecule has 19 heavy (non-hydrogen) atoms. The number of hydrogen-bond donors (Lipinski definition) is 1. The molecule has 0 unspecified atom stereocenters. The van der Waals surface area contributed by atoms with E-state index in [1.807, 2.05) is 0 Å². The normalized spacial score (nSPS) is 18.9. The highest BCUT2D eigenvalue weighted by Crippen LogP contribution is 2.25. The first kappa shape index (κ1) is 12.7. The molecule has 0 radical (unpaired) electrons. The molecule has 2 heterocycles. The number of thioether (sulfide) groups is 1. The Morgan fingerprint density at radius 1 is 1.47 bits per heavy atom. The first-order valence-corrected chi connectivity index (χ1v) is 7.55. The van der Waals surface area contributed by atoms with Gasteiger partial charge in [-0.15, -0.1) is 11.8 Å². The second kappa shape index (κ2) is 5.75. The molecule has 1 fully saturated rings. The monoisotopic (exact) mass is 275 g/mol. The molecule has 0 saturated carbocycles. The molecule has 1 saturated heterocycles. The summed E-state index contributed by atoms with van der Waals surface area (Å²) in [5, 5.41) is 7.42. The molecule has 0 aliphatic carbocycles. The van der Waals surface area contributed by atoms with E-state index in [0.717, 1.165) is 30.4 Å². The number of hydrogen-bond acceptors (Lipinski definition) is 5. The van der Waals surface area contributed by atoms with Crippen molar-refractivity contribution in [3.63, 3.8) is 0 Å². The summed E-state index contributed by atoms with van der Waals surface area (Å²) >= 11 is 1.74. The van der Waals surface area contributed by atoms with Crippen LogP contribution in [0.2, 0.25) is 0 Å². The Balaban J connectivity index is 1.61. The lowest BCUT2D eigenvalue weighted by Crippen LogP contribution is -2.13. The topological polar surface area (TPSA) is 51.0 Å². The Bertz CT molecular complexity index is 549. The SMILES string of the molecule is Cc1cccc(SCc2noc([C@H]3CCCN3)n2)c1. The number of benzene rings is 1. The van der Waals surface area contributed by atoms with Crippen LogP contribution in [0.4, 0.5) is 0 Å². The molecule has 0 spiro atoms. The van der Waals surface area contributed by atoms with Gasteiger partial charge in [0.15, 0.2) is 5.82 Å². The summed E-state index contributed by atoms with van der Waals surface area (Å²) in [5.41, 5.74) is 1.27. The Hall–Kier alpha value is -1.33. The molecule has 1 aromatic heterocycles. The lowest BCUT2D eigenvalue weighted by atomic mass is 10.2. The Labute approximate surface area is 117 Å². The van der Waals surface area contributed by atoms with Crippen molar-refractivity contribution in [1.82, 2.24) is 15.5 Å². The number of aryl methyl sites for hydroxylation is 1. The molecule has 0 amide bonds. The van der Waals surface area contributed by atoms with Gasteiger partial charge in [0.1, 0.15) is 0 Å². The van der Waals surface area contributed by atoms with Crippen LogP contribution >= 0.6 is 11.8 Å². The van der Waals surface area contributed by atoms with E-state index < -0.39 is 0 Å². The van der Waals surface area contributed by atoms with Crippen LogP contribution in [0.15, 0.2) is 33.7 Å². The van der Waals surface area contributed by atoms with Crippen molar-refractivity contribution in [1.29, 1.82) is 0 Å². The minimum atomic E-state index is 0.255. The third-order valence-electron chi connectivity index (χ3n) is 3.20. The molecule has 4 nitrogen and oxygen atoms in total. The molecule has 0 bridgehead atoms. The average molecular weight is 275 g/mol. The smallest absolute Gasteiger partial charge is 0.243 e. The fourth-order valence-corrected chi connectivity index (χ4v) is 3.07. The number of nitrogens with zero attached hydrogens (tertiary/aromatic N) is 2. The number of rotatable bonds is 4. The van der Waals surface area contributed by atoms with Gasteiger partial charge in [-0.3, -0.25) is 0 Å². The Kier molecular flexibility index (Phi) is 3.84. The summed E-state index contributed by atoms with van der Waals surface area (Å²) in [6, 6.07) is 8.70. The maximum atomic E-state index is 5.32. The summed E-state index contributed by atoms with van der Waals surface area (Å²) in [6.07, 6.45) is 2.27. The van der Waals surface area contributed by atoms with Crippen LogP contribution in [0.25, 0.3) is 0 Å². The van der Waals surface area contributed by atoms with Gasteiger partial charge in [0.05, 0.1) is 11.8 Å². The molecule has 1 aliphatic heterocycles. The van der Waals surface area contributed by atoms with Crippen molar-refractivity contribution >= 4 is 11.8 Å². The standard InChI is InChI=1S/C14H17N3OS/c1-10-4-2-5-11(8-10)19-9-13-16-14(18-17-13)12-6-3-7-15-12/h2,4-5,8,12,15H,3,6-7,9H2,1H3/t12-/m1/s1. The van der Waals surface area contributed by atoms with Crippen LogP contribution in [0.3, 0.4) is 0 Å². The average Bonchev–Trinajstić information content (AvgIpc) is 3.07. The molecule has 1 N–H and O–H groups in total. The van der Waals surface area contributed by atoms with Crippen LogP contribution in [-0.2, 0) is 5.75 Å². The third kappa shape index (κ3) is 3.16. The summed E-state index contributed by atoms with van der Waals surface area (Å²) in [7, 11) is 0. The fourth-order valence-electron chi connectivity index (χ4n) is 2.22. The van der Waals surface area contributed by atoms with Gasteiger partial charge in [0, 0.05) is 4.90 Å². The minimum absolute atomic E-state index is 0.255. The number of nitrogens with one attached hydrogen (secondary N) is 1. The fraction of sp³-hybridized carbons (Fsp3) is 0.429. The summed E-state index contributed by atoms with van der Waals surface area (Å²) < 4.78 is 5.32. The largest absolute Gasteiger partial charge is 0.338 e. The van der Waals surface area contributed by atoms with Gasteiger partial charge < -0.3 is 9.84 Å². The van der Waals surface area contributed by atoms with Gasteiger partial charge >= 0.3 is 0 Å². The van der Waals surface area contributed by atoms with Crippen molar-refractivity contribution in [2.24, 2.45) is 0 Å². The molecule has 1 aromatic carbocycles. The molecule has 5 heteroatoms. The maximum absolute atomic E-state index is 5.32. The van der Waals surface area contributed by atoms with Gasteiger partial charge in [-0.1, -0.05) is 22.9 Å². The van der Waals surface area contributed by atoms with E-state index >= 15 is 0 Å². The van der Waals surface area contributed by atoms with Crippen molar-refractivity contribution in [3.8, 4) is 0 Å². The van der Waals surface area contributed by atoms with Crippen molar-refractivity contribution < 1.29 is 4.52 Å². The van der Waals surface area contributed by atoms with E-state index in [4.69, 9.17) is 4.52 Å². The van der Waals surface area contributed by atoms with Crippen molar-refractivity contribution in [2.45, 2.75) is 36.5 Å². The van der Waals surface area contributed by atoms with E-state index in [-0.39, 0.29) is 6.04 Å². The van der Waals surface area contributed by atoms with Crippen LogP contribution in [0.5, 0.6) is 0 Å². The zero-order valence-electron chi connectivity index (χ0n) is 10.9. The highest BCUT2D eigenvalue weighted by atomic mass is 32.2. The quantitative estimate of drug-likeness (QED) is 0.869. The highest BCUT2D eigenvalue weighted by Gasteiger charge is 2.22. The maximum Gasteiger partial charge on any atom is 0.243 e. The molecule has 2 aromatic rings. The van der Waals surface area contributed by atoms with Gasteiger partial charge in [-0.2, -0.15) is 4.98 Å². The molecule has 3 rings (SSSR count). The van der Waals surface area contributed by atoms with Crippen LogP contribution in [0, 0.1) is 6.92 Å². The van der Waals surface area contributed by atoms with E-state index in [1.54, 1.807) is 11.8 Å². The molecule has 1 aliphatic rings. The zero-order chi connectivity index (χ0) is 13.1. The predicted molar refractivity (Wildman–Crippen MR) is 75.0 cm³/mol. The Morgan fingerprint density at radius 3 is 3.21 bits per heavy atom. The zero-order valence-corrected chi connectivity index (χ0v) is 11.7. The van der Waals surface area contributed by atoms with Crippen LogP contribution in [-0.4, -0.2) is 16.7 Å². The summed E-state index contributed by atoms with van der Waals surface area (Å²) in [6.45, 7) is 3.14. The van der Waals surface area contributed by atoms with E-state index in [2.05, 4.69) is 46.6 Å². The molecule has 100 valence electrons. The van der Waals surface area contributed by atoms with Crippen LogP contribution < -0.4 is 5.32 Å². The third-order valence-corrected chi connectivity index (χ3v) is 4.19. The lowest BCUT2D eigenvalue weighted by molar-refractivity contribution is 0.342. The van der Waals surface area contributed by atoms with E-state index in [9.17, 15) is 0 Å². The van der Waals surface area contributed by atoms with Gasteiger partial charge in [0.25, 0.3) is 0 Å². The Morgan fingerprint density at radius 2 is 2.42 bits per heavy atom. The minimum Gasteiger partial charge on any atom is -0.338 e. The lowest BCUT2D eigenvalue weighted by Gasteiger charge is -2.01. The van der Waals surface area contributed by atoms with Crippen molar-refractivity contribution in [2.75, 3.05) is 6.54 Å². The molecule has 1 atom stereocenters. The van der Waals surface area contributed by atoms with Gasteiger partial charge in [0.2, 0.25) is 5.89 Å². The highest BCUT2D eigenvalue weighted by molar-refractivity contribution is 7.98. The van der Waals surface area contributed by atoms with E-state index in [1.165, 1.54) is 16.9 Å². The summed E-state index contributed by atoms with van der Waals surface area (Å²) in [5.74, 6) is 2.26. The van der Waals surface area contributed by atoms with E-state index in [0.29, 0.717) is 0 Å². The van der Waals surface area contributed by atoms with Gasteiger partial charge in [-0.25, -0.2) is 0 Å². The van der Waals surface area contributed by atoms with Gasteiger partial charge in [-0.05, 0) is 38.4 Å². The number of aromatic nitrogens is 2. The molecular weight excluding hydrogens is 258 g/mol. The predicted octanol–water partition coefficient (Wildman–Crippen LogP) is 3.09. The second-order valence-corrected chi connectivity index (χ2v) is 5.85. The summed E-state index contributed by atoms with van der Waals surface area (Å²) in [4.78, 5) is 5.71. The molecular formula is C14H17N3OS. The first-order chi connectivity index (χ1) is 9.31. The first-order valence-electron chi connectivity index (χ1n) is 6.56. The van der Waals surface area contributed by atoms with Crippen LogP contribution in [0.1, 0.15) is 36.2 Å². The van der Waals surface area contributed by atoms with Crippen molar-refractivity contribution in [3.05, 3.63) is 41.5 Å². The second-order valence-electron chi connectivity index (χ2n) is 4.80.